The number of alkyl halides is 1. The molecule has 0 bridgehead atoms. The van der Waals surface area contributed by atoms with Crippen LogP contribution in [-0.2, 0) is 5.88 Å². The van der Waals surface area contributed by atoms with Crippen LogP contribution in [0.4, 0.5) is 0 Å². The molecule has 0 spiro atoms. The fourth-order valence-electron chi connectivity index (χ4n) is 1.51. The zero-order chi connectivity index (χ0) is 10.8. The molecular weight excluding hydrogens is 212 g/mol. The van der Waals surface area contributed by atoms with Gasteiger partial charge in [-0.3, -0.25) is 0 Å². The Morgan fingerprint density at radius 1 is 1.13 bits per heavy atom. The minimum absolute atomic E-state index is 0.307. The third-order valence-electron chi connectivity index (χ3n) is 2.31. The lowest BCUT2D eigenvalue weighted by Gasteiger charge is -2.01. The first-order valence-electron chi connectivity index (χ1n) is 4.52. The van der Waals surface area contributed by atoms with E-state index in [1.165, 1.54) is 0 Å². The summed E-state index contributed by atoms with van der Waals surface area (Å²) in [6.45, 7) is 0. The summed E-state index contributed by atoms with van der Waals surface area (Å²) >= 11 is 5.71. The predicted molar refractivity (Wildman–Crippen MR) is 60.5 cm³/mol. The number of aromatic carboxylic acids is 1. The highest BCUT2D eigenvalue weighted by atomic mass is 35.5. The fourth-order valence-corrected chi connectivity index (χ4v) is 1.68. The molecule has 2 rings (SSSR count). The van der Waals surface area contributed by atoms with Crippen LogP contribution in [0.5, 0.6) is 0 Å². The second-order valence-electron chi connectivity index (χ2n) is 3.34. The van der Waals surface area contributed by atoms with Gasteiger partial charge in [-0.1, -0.05) is 18.2 Å². The summed E-state index contributed by atoms with van der Waals surface area (Å²) in [6.07, 6.45) is 0. The maximum Gasteiger partial charge on any atom is 0.335 e. The predicted octanol–water partition coefficient (Wildman–Crippen LogP) is 3.28. The Morgan fingerprint density at radius 3 is 2.47 bits per heavy atom. The summed E-state index contributed by atoms with van der Waals surface area (Å²) < 4.78 is 0. The molecule has 2 nitrogen and oxygen atoms in total. The van der Waals surface area contributed by atoms with Crippen molar-refractivity contribution in [3.63, 3.8) is 0 Å². The van der Waals surface area contributed by atoms with E-state index in [9.17, 15) is 4.79 Å². The van der Waals surface area contributed by atoms with E-state index < -0.39 is 5.97 Å². The van der Waals surface area contributed by atoms with Crippen LogP contribution in [-0.4, -0.2) is 11.1 Å². The molecule has 0 amide bonds. The van der Waals surface area contributed by atoms with Gasteiger partial charge in [0.05, 0.1) is 5.56 Å². The maximum absolute atomic E-state index is 10.7. The van der Waals surface area contributed by atoms with Crippen LogP contribution in [0.3, 0.4) is 0 Å². The molecule has 76 valence electrons. The molecule has 0 fully saturated rings. The Morgan fingerprint density at radius 2 is 1.80 bits per heavy atom. The average molecular weight is 221 g/mol. The molecule has 3 heteroatoms. The number of fused-ring (bicyclic) bond motifs is 1. The van der Waals surface area contributed by atoms with Crippen LogP contribution >= 0.6 is 11.6 Å². The molecule has 0 aromatic heterocycles. The summed E-state index contributed by atoms with van der Waals surface area (Å²) in [5, 5.41) is 10.8. The lowest BCUT2D eigenvalue weighted by atomic mass is 10.0. The number of rotatable bonds is 2. The van der Waals surface area contributed by atoms with Crippen LogP contribution in [0.2, 0.25) is 0 Å². The van der Waals surface area contributed by atoms with Gasteiger partial charge in [-0.05, 0) is 34.5 Å². The molecule has 0 saturated heterocycles. The zero-order valence-corrected chi connectivity index (χ0v) is 8.66. The van der Waals surface area contributed by atoms with E-state index in [-0.39, 0.29) is 0 Å². The van der Waals surface area contributed by atoms with Gasteiger partial charge in [0.2, 0.25) is 0 Å². The molecule has 0 atom stereocenters. The monoisotopic (exact) mass is 220 g/mol. The van der Waals surface area contributed by atoms with Crippen LogP contribution in [0, 0.1) is 0 Å². The minimum atomic E-state index is -0.904. The van der Waals surface area contributed by atoms with E-state index in [0.29, 0.717) is 11.4 Å². The van der Waals surface area contributed by atoms with Gasteiger partial charge in [-0.15, -0.1) is 11.6 Å². The Balaban J connectivity index is 2.59. The van der Waals surface area contributed by atoms with Gasteiger partial charge in [-0.25, -0.2) is 4.79 Å². The number of carbonyl (C=O) groups is 1. The van der Waals surface area contributed by atoms with Gasteiger partial charge in [0.1, 0.15) is 0 Å². The molecule has 0 unspecified atom stereocenters. The van der Waals surface area contributed by atoms with Crippen molar-refractivity contribution in [2.24, 2.45) is 0 Å². The van der Waals surface area contributed by atoms with Crippen molar-refractivity contribution in [1.82, 2.24) is 0 Å². The van der Waals surface area contributed by atoms with E-state index in [2.05, 4.69) is 0 Å². The summed E-state index contributed by atoms with van der Waals surface area (Å²) in [6, 6.07) is 10.8. The first-order valence-corrected chi connectivity index (χ1v) is 5.06. The number of benzene rings is 2. The topological polar surface area (TPSA) is 37.3 Å². The highest BCUT2D eigenvalue weighted by molar-refractivity contribution is 6.17. The summed E-state index contributed by atoms with van der Waals surface area (Å²) in [5.74, 6) is -0.435. The van der Waals surface area contributed by atoms with Gasteiger partial charge in [-0.2, -0.15) is 0 Å². The number of carboxylic acids is 1. The molecule has 0 aliphatic rings. The molecule has 0 radical (unpaired) electrons. The third-order valence-corrected chi connectivity index (χ3v) is 2.61. The molecule has 0 aliphatic carbocycles. The van der Waals surface area contributed by atoms with Crippen molar-refractivity contribution in [2.75, 3.05) is 0 Å². The molecule has 2 aromatic carbocycles. The van der Waals surface area contributed by atoms with Gasteiger partial charge >= 0.3 is 5.97 Å². The number of carboxylic acid groups (broad SMARTS) is 1. The van der Waals surface area contributed by atoms with Crippen LogP contribution in [0.25, 0.3) is 10.8 Å². The zero-order valence-electron chi connectivity index (χ0n) is 7.90. The Bertz CT molecular complexity index is 520. The number of hydrogen-bond acceptors (Lipinski definition) is 1. The highest BCUT2D eigenvalue weighted by Crippen LogP contribution is 2.18. The quantitative estimate of drug-likeness (QED) is 0.789. The SMILES string of the molecule is O=C(O)c1ccc2cc(CCl)ccc2c1. The molecule has 1 N–H and O–H groups in total. The molecule has 0 heterocycles. The smallest absolute Gasteiger partial charge is 0.335 e. The minimum Gasteiger partial charge on any atom is -0.478 e. The molecule has 0 saturated carbocycles. The molecule has 2 aromatic rings. The van der Waals surface area contributed by atoms with Crippen LogP contribution < -0.4 is 0 Å². The van der Waals surface area contributed by atoms with E-state index in [1.807, 2.05) is 18.2 Å². The second kappa shape index (κ2) is 3.91. The van der Waals surface area contributed by atoms with Crippen molar-refractivity contribution in [1.29, 1.82) is 0 Å². The van der Waals surface area contributed by atoms with Crippen molar-refractivity contribution in [3.8, 4) is 0 Å². The van der Waals surface area contributed by atoms with Gasteiger partial charge in [0.15, 0.2) is 0 Å². The lowest BCUT2D eigenvalue weighted by molar-refractivity contribution is 0.0697. The fraction of sp³-hybridized carbons (Fsp3) is 0.0833. The van der Waals surface area contributed by atoms with Crippen molar-refractivity contribution < 1.29 is 9.90 Å². The Hall–Kier alpha value is -1.54. The van der Waals surface area contributed by atoms with Crippen molar-refractivity contribution in [3.05, 3.63) is 47.5 Å². The molecule has 15 heavy (non-hydrogen) atoms. The summed E-state index contributed by atoms with van der Waals surface area (Å²) in [5.41, 5.74) is 1.34. The average Bonchev–Trinajstić information content (AvgIpc) is 2.27. The summed E-state index contributed by atoms with van der Waals surface area (Å²) in [4.78, 5) is 10.7. The van der Waals surface area contributed by atoms with E-state index in [1.54, 1.807) is 18.2 Å². The van der Waals surface area contributed by atoms with Gasteiger partial charge in [0.25, 0.3) is 0 Å². The number of hydrogen-bond donors (Lipinski definition) is 1. The highest BCUT2D eigenvalue weighted by Gasteiger charge is 2.03. The number of halogens is 1. The third kappa shape index (κ3) is 1.95. The lowest BCUT2D eigenvalue weighted by Crippen LogP contribution is -1.95. The Labute approximate surface area is 92.1 Å². The van der Waals surface area contributed by atoms with Crippen LogP contribution in [0.1, 0.15) is 15.9 Å². The van der Waals surface area contributed by atoms with E-state index in [0.717, 1.165) is 16.3 Å². The normalized spacial score (nSPS) is 10.5. The largest absolute Gasteiger partial charge is 0.478 e. The summed E-state index contributed by atoms with van der Waals surface area (Å²) in [7, 11) is 0. The molecule has 0 aliphatic heterocycles. The maximum atomic E-state index is 10.7. The van der Waals surface area contributed by atoms with Crippen molar-refractivity contribution in [2.45, 2.75) is 5.88 Å². The standard InChI is InChI=1S/C12H9ClO2/c13-7-8-1-2-10-6-11(12(14)15)4-3-9(10)5-8/h1-6H,7H2,(H,14,15). The van der Waals surface area contributed by atoms with Crippen molar-refractivity contribution >= 4 is 28.3 Å². The van der Waals surface area contributed by atoms with E-state index in [4.69, 9.17) is 16.7 Å². The van der Waals surface area contributed by atoms with Gasteiger partial charge in [0, 0.05) is 5.88 Å². The van der Waals surface area contributed by atoms with Crippen LogP contribution in [0.15, 0.2) is 36.4 Å². The Kier molecular flexibility index (Phi) is 2.60. The first kappa shape index (κ1) is 9.99. The second-order valence-corrected chi connectivity index (χ2v) is 3.60. The first-order chi connectivity index (χ1) is 7.20. The van der Waals surface area contributed by atoms with Gasteiger partial charge < -0.3 is 5.11 Å². The molecular formula is C12H9ClO2. The van der Waals surface area contributed by atoms with E-state index >= 15 is 0 Å².